The molecule has 96 valence electrons. The Morgan fingerprint density at radius 1 is 1.33 bits per heavy atom. The van der Waals surface area contributed by atoms with Gasteiger partial charge in [0.2, 0.25) is 0 Å². The van der Waals surface area contributed by atoms with Gasteiger partial charge in [0.05, 0.1) is 0 Å². The number of nitrogens with zero attached hydrogens (tertiary/aromatic N) is 2. The smallest absolute Gasteiger partial charge is 0.147 e. The molecule has 6 heteroatoms. The molecule has 0 atom stereocenters. The first-order valence-corrected chi connectivity index (χ1v) is 7.55. The van der Waals surface area contributed by atoms with Crippen LogP contribution in [0.1, 0.15) is 18.9 Å². The maximum Gasteiger partial charge on any atom is 0.147 e. The summed E-state index contributed by atoms with van der Waals surface area (Å²) in [6.45, 7) is 4.96. The van der Waals surface area contributed by atoms with Crippen LogP contribution >= 0.6 is 38.9 Å². The van der Waals surface area contributed by atoms with E-state index in [0.717, 1.165) is 26.6 Å². The minimum Gasteiger partial charge on any atom is -0.308 e. The molecule has 1 aromatic heterocycles. The molecule has 2 rings (SSSR count). The van der Waals surface area contributed by atoms with Crippen molar-refractivity contribution in [2.75, 3.05) is 0 Å². The summed E-state index contributed by atoms with van der Waals surface area (Å²) in [6, 6.07) is 6.18. The SMILES string of the molecule is CC(C)NCc1nnc(-c2cc(Cl)cc(Br)c2)s1. The van der Waals surface area contributed by atoms with E-state index in [-0.39, 0.29) is 0 Å². The van der Waals surface area contributed by atoms with Gasteiger partial charge in [0.1, 0.15) is 10.0 Å². The molecule has 0 spiro atoms. The monoisotopic (exact) mass is 345 g/mol. The summed E-state index contributed by atoms with van der Waals surface area (Å²) in [5.74, 6) is 0. The van der Waals surface area contributed by atoms with Crippen molar-refractivity contribution in [2.45, 2.75) is 26.4 Å². The van der Waals surface area contributed by atoms with Crippen molar-refractivity contribution in [3.63, 3.8) is 0 Å². The number of benzene rings is 1. The zero-order valence-electron chi connectivity index (χ0n) is 10.1. The highest BCUT2D eigenvalue weighted by atomic mass is 79.9. The van der Waals surface area contributed by atoms with Crippen molar-refractivity contribution in [3.05, 3.63) is 32.7 Å². The van der Waals surface area contributed by atoms with Crippen molar-refractivity contribution in [1.82, 2.24) is 15.5 Å². The Kier molecular flexibility index (Phi) is 4.72. The number of rotatable bonds is 4. The molecule has 0 unspecified atom stereocenters. The molecule has 1 aromatic carbocycles. The lowest BCUT2D eigenvalue weighted by molar-refractivity contribution is 0.585. The van der Waals surface area contributed by atoms with Gasteiger partial charge in [-0.25, -0.2) is 0 Å². The highest BCUT2D eigenvalue weighted by molar-refractivity contribution is 9.10. The first-order valence-electron chi connectivity index (χ1n) is 5.57. The van der Waals surface area contributed by atoms with Crippen LogP contribution in [0.15, 0.2) is 22.7 Å². The van der Waals surface area contributed by atoms with E-state index in [4.69, 9.17) is 11.6 Å². The van der Waals surface area contributed by atoms with Crippen LogP contribution in [-0.4, -0.2) is 16.2 Å². The zero-order chi connectivity index (χ0) is 13.1. The highest BCUT2D eigenvalue weighted by Crippen LogP contribution is 2.29. The molecule has 0 bridgehead atoms. The van der Waals surface area contributed by atoms with E-state index >= 15 is 0 Å². The molecule has 3 nitrogen and oxygen atoms in total. The molecule has 1 N–H and O–H groups in total. The lowest BCUT2D eigenvalue weighted by Crippen LogP contribution is -2.21. The third-order valence-electron chi connectivity index (χ3n) is 2.24. The van der Waals surface area contributed by atoms with Crippen LogP contribution in [-0.2, 0) is 6.54 Å². The maximum atomic E-state index is 6.02. The molecule has 0 saturated carbocycles. The second kappa shape index (κ2) is 6.10. The van der Waals surface area contributed by atoms with Gasteiger partial charge >= 0.3 is 0 Å². The predicted molar refractivity (Wildman–Crippen MR) is 80.0 cm³/mol. The molecule has 0 amide bonds. The van der Waals surface area contributed by atoms with E-state index < -0.39 is 0 Å². The molecule has 0 radical (unpaired) electrons. The van der Waals surface area contributed by atoms with Crippen molar-refractivity contribution in [2.24, 2.45) is 0 Å². The molecule has 0 aliphatic heterocycles. The molecule has 0 aliphatic rings. The van der Waals surface area contributed by atoms with Crippen LogP contribution < -0.4 is 5.32 Å². The van der Waals surface area contributed by atoms with Crippen molar-refractivity contribution in [3.8, 4) is 10.6 Å². The number of halogens is 2. The maximum absolute atomic E-state index is 6.02. The molecular weight excluding hydrogens is 334 g/mol. The predicted octanol–water partition coefficient (Wildman–Crippen LogP) is 4.12. The van der Waals surface area contributed by atoms with Crippen LogP contribution in [0.25, 0.3) is 10.6 Å². The minimum atomic E-state index is 0.442. The molecule has 0 saturated heterocycles. The summed E-state index contributed by atoms with van der Waals surface area (Å²) >= 11 is 11.0. The normalized spacial score (nSPS) is 11.2. The molecule has 0 fully saturated rings. The van der Waals surface area contributed by atoms with E-state index in [0.29, 0.717) is 11.1 Å². The Morgan fingerprint density at radius 2 is 2.11 bits per heavy atom. The van der Waals surface area contributed by atoms with Crippen LogP contribution in [0.4, 0.5) is 0 Å². The van der Waals surface area contributed by atoms with E-state index in [1.165, 1.54) is 0 Å². The van der Waals surface area contributed by atoms with Gasteiger partial charge in [-0.2, -0.15) is 0 Å². The summed E-state index contributed by atoms with van der Waals surface area (Å²) in [4.78, 5) is 0. The third-order valence-corrected chi connectivity index (χ3v) is 3.89. The molecular formula is C12H13BrClN3S. The van der Waals surface area contributed by atoms with Crippen LogP contribution in [0.3, 0.4) is 0 Å². The van der Waals surface area contributed by atoms with E-state index in [9.17, 15) is 0 Å². The topological polar surface area (TPSA) is 37.8 Å². The summed E-state index contributed by atoms with van der Waals surface area (Å²) in [7, 11) is 0. The number of hydrogen-bond acceptors (Lipinski definition) is 4. The molecule has 2 aromatic rings. The quantitative estimate of drug-likeness (QED) is 0.905. The van der Waals surface area contributed by atoms with Gasteiger partial charge in [-0.05, 0) is 18.2 Å². The second-order valence-corrected chi connectivity index (χ2v) is 6.61. The van der Waals surface area contributed by atoms with E-state index in [1.54, 1.807) is 11.3 Å². The summed E-state index contributed by atoms with van der Waals surface area (Å²) in [5.41, 5.74) is 0.989. The molecule has 0 aliphatic carbocycles. The van der Waals surface area contributed by atoms with Gasteiger partial charge < -0.3 is 5.32 Å². The van der Waals surface area contributed by atoms with Crippen LogP contribution in [0, 0.1) is 0 Å². The lowest BCUT2D eigenvalue weighted by atomic mass is 10.2. The average molecular weight is 347 g/mol. The number of nitrogens with one attached hydrogen (secondary N) is 1. The van der Waals surface area contributed by atoms with E-state index in [1.807, 2.05) is 18.2 Å². The standard InChI is InChI=1S/C12H13BrClN3S/c1-7(2)15-6-11-16-17-12(18-11)8-3-9(13)5-10(14)4-8/h3-5,7,15H,6H2,1-2H3. The summed E-state index contributed by atoms with van der Waals surface area (Å²) < 4.78 is 0.946. The molecule has 1 heterocycles. The Morgan fingerprint density at radius 3 is 2.78 bits per heavy atom. The van der Waals surface area contributed by atoms with Crippen molar-refractivity contribution in [1.29, 1.82) is 0 Å². The van der Waals surface area contributed by atoms with Gasteiger partial charge in [0.25, 0.3) is 0 Å². The zero-order valence-corrected chi connectivity index (χ0v) is 13.2. The highest BCUT2D eigenvalue weighted by Gasteiger charge is 2.08. The molecule has 18 heavy (non-hydrogen) atoms. The minimum absolute atomic E-state index is 0.442. The second-order valence-electron chi connectivity index (χ2n) is 4.19. The van der Waals surface area contributed by atoms with Crippen LogP contribution in [0.2, 0.25) is 5.02 Å². The Bertz CT molecular complexity index is 522. The summed E-state index contributed by atoms with van der Waals surface area (Å²) in [5, 5.41) is 14.2. The Labute approximate surface area is 124 Å². The van der Waals surface area contributed by atoms with Gasteiger partial charge in [-0.15, -0.1) is 10.2 Å². The fourth-order valence-electron chi connectivity index (χ4n) is 1.41. The first kappa shape index (κ1) is 13.9. The average Bonchev–Trinajstić information content (AvgIpc) is 2.73. The van der Waals surface area contributed by atoms with Gasteiger partial charge in [-0.3, -0.25) is 0 Å². The fraction of sp³-hybridized carbons (Fsp3) is 0.333. The number of hydrogen-bond donors (Lipinski definition) is 1. The van der Waals surface area contributed by atoms with Gasteiger partial charge in [0, 0.05) is 27.6 Å². The summed E-state index contributed by atoms with van der Waals surface area (Å²) in [6.07, 6.45) is 0. The van der Waals surface area contributed by atoms with Gasteiger partial charge in [-0.1, -0.05) is 52.7 Å². The van der Waals surface area contributed by atoms with Gasteiger partial charge in [0.15, 0.2) is 0 Å². The van der Waals surface area contributed by atoms with Crippen molar-refractivity contribution >= 4 is 38.9 Å². The lowest BCUT2D eigenvalue weighted by Gasteiger charge is -2.03. The van der Waals surface area contributed by atoms with Crippen LogP contribution in [0.5, 0.6) is 0 Å². The van der Waals surface area contributed by atoms with Crippen molar-refractivity contribution < 1.29 is 0 Å². The number of aromatic nitrogens is 2. The van der Waals surface area contributed by atoms with E-state index in [2.05, 4.69) is 45.3 Å². The Hall–Kier alpha value is -0.490. The largest absolute Gasteiger partial charge is 0.308 e. The first-order chi connectivity index (χ1) is 8.54. The fourth-order valence-corrected chi connectivity index (χ4v) is 3.05. The Balaban J connectivity index is 2.18. The third kappa shape index (κ3) is 3.75.